The molecule has 0 bridgehead atoms. The number of anilines is 1. The Hall–Kier alpha value is -3.52. The van der Waals surface area contributed by atoms with E-state index in [1.807, 2.05) is 0 Å². The fourth-order valence-electron chi connectivity index (χ4n) is 2.14. The van der Waals surface area contributed by atoms with Gasteiger partial charge in [0.1, 0.15) is 17.5 Å². The second kappa shape index (κ2) is 7.00. The Morgan fingerprint density at radius 3 is 2.63 bits per heavy atom. The molecule has 0 unspecified atom stereocenters. The molecule has 8 nitrogen and oxygen atoms in total. The Balaban J connectivity index is 1.91. The van der Waals surface area contributed by atoms with Crippen LogP contribution >= 0.6 is 11.6 Å². The number of nitrogens with zero attached hydrogens (tertiary/aromatic N) is 4. The summed E-state index contributed by atoms with van der Waals surface area (Å²) in [4.78, 5) is 11.9. The third kappa shape index (κ3) is 3.85. The summed E-state index contributed by atoms with van der Waals surface area (Å²) in [5.41, 5.74) is -1.23. The number of aromatic amines is 1. The Kier molecular flexibility index (Phi) is 4.74. The highest BCUT2D eigenvalue weighted by molar-refractivity contribution is 6.30. The number of benzene rings is 1. The molecular weight excluding hydrogens is 389 g/mol. The summed E-state index contributed by atoms with van der Waals surface area (Å²) in [7, 11) is 0. The van der Waals surface area contributed by atoms with Crippen LogP contribution in [0.15, 0.2) is 36.7 Å². The molecule has 0 atom stereocenters. The van der Waals surface area contributed by atoms with Crippen molar-refractivity contribution in [2.24, 2.45) is 0 Å². The Morgan fingerprint density at radius 2 is 2.00 bits per heavy atom. The first-order valence-corrected chi connectivity index (χ1v) is 7.51. The van der Waals surface area contributed by atoms with E-state index in [9.17, 15) is 18.0 Å². The summed E-state index contributed by atoms with van der Waals surface area (Å²) in [5, 5.41) is 20.8. The highest BCUT2D eigenvalue weighted by Gasteiger charge is 2.40. The maximum Gasteiger partial charge on any atom is 0.437 e. The van der Waals surface area contributed by atoms with E-state index >= 15 is 0 Å². The summed E-state index contributed by atoms with van der Waals surface area (Å²) in [6, 6.07) is 7.20. The van der Waals surface area contributed by atoms with Gasteiger partial charge >= 0.3 is 12.3 Å². The van der Waals surface area contributed by atoms with Crippen molar-refractivity contribution in [3.63, 3.8) is 0 Å². The highest BCUT2D eigenvalue weighted by atomic mass is 35.5. The fraction of sp³-hybridized carbons (Fsp3) is 0.0667. The molecule has 0 saturated carbocycles. The predicted octanol–water partition coefficient (Wildman–Crippen LogP) is 3.75. The maximum atomic E-state index is 13.5. The lowest BCUT2D eigenvalue weighted by Crippen LogP contribution is -2.20. The first kappa shape index (κ1) is 18.3. The molecule has 3 aromatic rings. The van der Waals surface area contributed by atoms with Crippen LogP contribution in [0, 0.1) is 11.3 Å². The van der Waals surface area contributed by atoms with E-state index in [-0.39, 0.29) is 17.1 Å². The zero-order valence-corrected chi connectivity index (χ0v) is 13.8. The number of H-pyrrole nitrogens is 1. The summed E-state index contributed by atoms with van der Waals surface area (Å²) in [5.74, 6) is -0.922. The van der Waals surface area contributed by atoms with E-state index in [1.165, 1.54) is 24.3 Å². The summed E-state index contributed by atoms with van der Waals surface area (Å²) in [6.45, 7) is 0. The molecule has 0 aliphatic heterocycles. The van der Waals surface area contributed by atoms with Gasteiger partial charge in [-0.3, -0.25) is 10.4 Å². The minimum atomic E-state index is -4.86. The molecule has 27 heavy (non-hydrogen) atoms. The summed E-state index contributed by atoms with van der Waals surface area (Å²) in [6.07, 6.45) is -4.22. The van der Waals surface area contributed by atoms with Crippen molar-refractivity contribution < 1.29 is 22.7 Å². The molecule has 0 spiro atoms. The number of ether oxygens (including phenoxy) is 1. The number of alkyl halides is 3. The molecule has 0 aliphatic rings. The molecule has 0 aliphatic carbocycles. The highest BCUT2D eigenvalue weighted by Crippen LogP contribution is 2.37. The van der Waals surface area contributed by atoms with Crippen molar-refractivity contribution in [1.29, 1.82) is 5.26 Å². The van der Waals surface area contributed by atoms with Crippen molar-refractivity contribution in [2.75, 3.05) is 5.32 Å². The third-order valence-corrected chi connectivity index (χ3v) is 3.52. The number of halogens is 4. The molecule has 138 valence electrons. The standard InChI is InChI=1S/C15H8ClF3N6O2/c16-9-1-3-10(4-2-9)25-12(15(17,18)19)11(7-22-25)27-14(26)23-13-8(5-20)6-21-24-13/h1-4,6-7H,(H2,21,23,24,26). The second-order valence-corrected chi connectivity index (χ2v) is 5.46. The first-order chi connectivity index (χ1) is 12.8. The number of carbonyl (C=O) groups excluding carboxylic acids is 1. The van der Waals surface area contributed by atoms with Gasteiger partial charge in [0.2, 0.25) is 0 Å². The lowest BCUT2D eigenvalue weighted by molar-refractivity contribution is -0.143. The van der Waals surface area contributed by atoms with E-state index < -0.39 is 23.7 Å². The van der Waals surface area contributed by atoms with Gasteiger partial charge in [-0.15, -0.1) is 0 Å². The van der Waals surface area contributed by atoms with Gasteiger partial charge in [-0.25, -0.2) is 9.48 Å². The van der Waals surface area contributed by atoms with Crippen LogP contribution in [0.25, 0.3) is 5.69 Å². The Bertz CT molecular complexity index is 1020. The van der Waals surface area contributed by atoms with Gasteiger partial charge in [0.05, 0.1) is 18.1 Å². The van der Waals surface area contributed by atoms with Crippen LogP contribution in [0.1, 0.15) is 11.3 Å². The van der Waals surface area contributed by atoms with E-state index in [0.717, 1.165) is 12.4 Å². The van der Waals surface area contributed by atoms with E-state index in [1.54, 1.807) is 6.07 Å². The third-order valence-electron chi connectivity index (χ3n) is 3.26. The molecule has 12 heteroatoms. The van der Waals surface area contributed by atoms with Crippen molar-refractivity contribution in [3.05, 3.63) is 52.9 Å². The van der Waals surface area contributed by atoms with E-state index in [2.05, 4.69) is 20.6 Å². The van der Waals surface area contributed by atoms with Crippen molar-refractivity contribution in [1.82, 2.24) is 20.0 Å². The van der Waals surface area contributed by atoms with Crippen LogP contribution < -0.4 is 10.1 Å². The van der Waals surface area contributed by atoms with Crippen molar-refractivity contribution in [3.8, 4) is 17.5 Å². The smallest absolute Gasteiger partial charge is 0.406 e. The van der Waals surface area contributed by atoms with Crippen LogP contribution in [0.5, 0.6) is 5.75 Å². The van der Waals surface area contributed by atoms with E-state index in [0.29, 0.717) is 9.70 Å². The fourth-order valence-corrected chi connectivity index (χ4v) is 2.27. The molecule has 2 aromatic heterocycles. The number of hydrogen-bond acceptors (Lipinski definition) is 5. The molecule has 0 radical (unpaired) electrons. The SMILES string of the molecule is N#Cc1cn[nH]c1NC(=O)Oc1cnn(-c2ccc(Cl)cc2)c1C(F)(F)F. The zero-order valence-electron chi connectivity index (χ0n) is 13.1. The largest absolute Gasteiger partial charge is 0.437 e. The lowest BCUT2D eigenvalue weighted by atomic mass is 10.3. The summed E-state index contributed by atoms with van der Waals surface area (Å²) >= 11 is 5.73. The monoisotopic (exact) mass is 396 g/mol. The normalized spacial score (nSPS) is 11.1. The van der Waals surface area contributed by atoms with Crippen LogP contribution in [0.3, 0.4) is 0 Å². The van der Waals surface area contributed by atoms with E-state index in [4.69, 9.17) is 21.6 Å². The quantitative estimate of drug-likeness (QED) is 0.700. The average Bonchev–Trinajstić information content (AvgIpc) is 3.21. The van der Waals surface area contributed by atoms with Gasteiger partial charge in [0, 0.05) is 5.02 Å². The van der Waals surface area contributed by atoms with Gasteiger partial charge in [0.25, 0.3) is 0 Å². The molecule has 1 aromatic carbocycles. The van der Waals surface area contributed by atoms with Gasteiger partial charge in [0.15, 0.2) is 11.4 Å². The van der Waals surface area contributed by atoms with Crippen molar-refractivity contribution >= 4 is 23.5 Å². The number of nitriles is 1. The maximum absolute atomic E-state index is 13.5. The summed E-state index contributed by atoms with van der Waals surface area (Å²) < 4.78 is 45.8. The van der Waals surface area contributed by atoms with Crippen molar-refractivity contribution in [2.45, 2.75) is 6.18 Å². The number of carbonyl (C=O) groups is 1. The number of aromatic nitrogens is 4. The van der Waals surface area contributed by atoms with Crippen LogP contribution in [0.2, 0.25) is 5.02 Å². The number of nitrogens with one attached hydrogen (secondary N) is 2. The molecule has 2 N–H and O–H groups in total. The molecular formula is C15H8ClF3N6O2. The molecule has 0 saturated heterocycles. The van der Waals surface area contributed by atoms with Gasteiger partial charge in [-0.2, -0.15) is 28.6 Å². The number of amides is 1. The van der Waals surface area contributed by atoms with Crippen LogP contribution in [0.4, 0.5) is 23.8 Å². The van der Waals surface area contributed by atoms with Gasteiger partial charge in [-0.05, 0) is 24.3 Å². The predicted molar refractivity (Wildman–Crippen MR) is 86.5 cm³/mol. The van der Waals surface area contributed by atoms with Crippen LogP contribution in [-0.4, -0.2) is 26.1 Å². The van der Waals surface area contributed by atoms with Gasteiger partial charge in [-0.1, -0.05) is 11.6 Å². The molecule has 0 fully saturated rings. The van der Waals surface area contributed by atoms with Crippen LogP contribution in [-0.2, 0) is 6.18 Å². The topological polar surface area (TPSA) is 109 Å². The number of rotatable bonds is 3. The molecule has 3 rings (SSSR count). The first-order valence-electron chi connectivity index (χ1n) is 7.13. The van der Waals surface area contributed by atoms with Gasteiger partial charge < -0.3 is 4.74 Å². The second-order valence-electron chi connectivity index (χ2n) is 5.03. The Morgan fingerprint density at radius 1 is 1.30 bits per heavy atom. The minimum absolute atomic E-state index is 0.0140. The minimum Gasteiger partial charge on any atom is -0.406 e. The zero-order chi connectivity index (χ0) is 19.6. The molecule has 1 amide bonds. The Labute approximate surface area is 154 Å². The average molecular weight is 397 g/mol. The lowest BCUT2D eigenvalue weighted by Gasteiger charge is -2.12. The molecule has 2 heterocycles. The number of hydrogen-bond donors (Lipinski definition) is 2.